The van der Waals surface area contributed by atoms with Crippen molar-refractivity contribution in [2.24, 2.45) is 5.92 Å². The van der Waals surface area contributed by atoms with Crippen LogP contribution >= 0.6 is 11.3 Å². The molecule has 1 aromatic heterocycles. The molecule has 3 aromatic rings. The number of carbonyl (C=O) groups is 1. The van der Waals surface area contributed by atoms with Gasteiger partial charge < -0.3 is 14.8 Å². The first-order valence-electron chi connectivity index (χ1n) is 10.6. The molecule has 0 bridgehead atoms. The lowest BCUT2D eigenvalue weighted by atomic mass is 9.98. The van der Waals surface area contributed by atoms with E-state index in [0.717, 1.165) is 48.7 Å². The molecule has 0 spiro atoms. The Kier molecular flexibility index (Phi) is 5.86. The molecule has 0 radical (unpaired) electrons. The van der Waals surface area contributed by atoms with E-state index in [4.69, 9.17) is 14.5 Å². The number of hydrogen-bond acceptors (Lipinski definition) is 6. The number of benzene rings is 2. The summed E-state index contributed by atoms with van der Waals surface area (Å²) in [5.41, 5.74) is 2.81. The summed E-state index contributed by atoms with van der Waals surface area (Å²) in [6.45, 7) is 3.81. The topological polar surface area (TPSA) is 63.7 Å². The molecule has 160 valence electrons. The molecular formula is C24H25N3O3S. The summed E-state index contributed by atoms with van der Waals surface area (Å²) in [6.07, 6.45) is 2.27. The third-order valence-corrected chi connectivity index (χ3v) is 6.60. The van der Waals surface area contributed by atoms with Gasteiger partial charge in [0.25, 0.3) is 5.91 Å². The van der Waals surface area contributed by atoms with E-state index >= 15 is 0 Å². The first-order valence-corrected chi connectivity index (χ1v) is 11.5. The SMILES string of the molecule is O=C(NC[C@@H]1CCCN(Cc2nc(-c3ccccc3)cs2)C1)c1ccc2c(c1)OCO2. The number of piperidine rings is 1. The van der Waals surface area contributed by atoms with Gasteiger partial charge in [0.1, 0.15) is 5.01 Å². The molecule has 5 rings (SSSR count). The van der Waals surface area contributed by atoms with Crippen molar-refractivity contribution in [2.45, 2.75) is 19.4 Å². The van der Waals surface area contributed by atoms with Gasteiger partial charge >= 0.3 is 0 Å². The molecule has 2 aromatic carbocycles. The first kappa shape index (κ1) is 20.0. The lowest BCUT2D eigenvalue weighted by Gasteiger charge is -2.32. The van der Waals surface area contributed by atoms with Crippen LogP contribution < -0.4 is 14.8 Å². The number of ether oxygens (including phenoxy) is 2. The average molecular weight is 436 g/mol. The summed E-state index contributed by atoms with van der Waals surface area (Å²) in [7, 11) is 0. The van der Waals surface area contributed by atoms with Crippen LogP contribution in [0.3, 0.4) is 0 Å². The molecule has 6 nitrogen and oxygen atoms in total. The minimum absolute atomic E-state index is 0.0668. The van der Waals surface area contributed by atoms with Crippen molar-refractivity contribution in [1.82, 2.24) is 15.2 Å². The zero-order chi connectivity index (χ0) is 21.0. The van der Waals surface area contributed by atoms with E-state index in [1.807, 2.05) is 18.2 Å². The second kappa shape index (κ2) is 9.08. The first-order chi connectivity index (χ1) is 15.2. The van der Waals surface area contributed by atoms with Crippen molar-refractivity contribution in [3.8, 4) is 22.8 Å². The smallest absolute Gasteiger partial charge is 0.251 e. The van der Waals surface area contributed by atoms with Crippen molar-refractivity contribution in [3.63, 3.8) is 0 Å². The Labute approximate surface area is 185 Å². The monoisotopic (exact) mass is 435 g/mol. The summed E-state index contributed by atoms with van der Waals surface area (Å²) in [5.74, 6) is 1.70. The van der Waals surface area contributed by atoms with Crippen molar-refractivity contribution >= 4 is 17.2 Å². The second-order valence-electron chi connectivity index (χ2n) is 8.01. The molecule has 1 saturated heterocycles. The van der Waals surface area contributed by atoms with Crippen molar-refractivity contribution in [2.75, 3.05) is 26.4 Å². The largest absolute Gasteiger partial charge is 0.454 e. The number of hydrogen-bond donors (Lipinski definition) is 1. The third kappa shape index (κ3) is 4.73. The average Bonchev–Trinajstić information content (AvgIpc) is 3.47. The Hall–Kier alpha value is -2.90. The highest BCUT2D eigenvalue weighted by molar-refractivity contribution is 7.09. The van der Waals surface area contributed by atoms with Crippen LogP contribution in [0, 0.1) is 5.92 Å². The zero-order valence-corrected chi connectivity index (χ0v) is 18.1. The summed E-state index contributed by atoms with van der Waals surface area (Å²) < 4.78 is 10.7. The molecule has 0 aliphatic carbocycles. The number of rotatable bonds is 6. The van der Waals surface area contributed by atoms with Gasteiger partial charge in [0.15, 0.2) is 11.5 Å². The highest BCUT2D eigenvalue weighted by Gasteiger charge is 2.22. The summed E-state index contributed by atoms with van der Waals surface area (Å²) in [5, 5.41) is 6.37. The van der Waals surface area contributed by atoms with Gasteiger partial charge in [-0.25, -0.2) is 4.98 Å². The van der Waals surface area contributed by atoms with E-state index in [1.54, 1.807) is 29.5 Å². The minimum atomic E-state index is -0.0668. The van der Waals surface area contributed by atoms with Crippen molar-refractivity contribution < 1.29 is 14.3 Å². The predicted octanol–water partition coefficient (Wildman–Crippen LogP) is 4.18. The Morgan fingerprint density at radius 3 is 2.94 bits per heavy atom. The lowest BCUT2D eigenvalue weighted by Crippen LogP contribution is -2.40. The van der Waals surface area contributed by atoms with E-state index in [9.17, 15) is 4.79 Å². The van der Waals surface area contributed by atoms with E-state index < -0.39 is 0 Å². The summed E-state index contributed by atoms with van der Waals surface area (Å²) in [6, 6.07) is 15.6. The van der Waals surface area contributed by atoms with E-state index in [2.05, 4.69) is 27.7 Å². The fourth-order valence-electron chi connectivity index (χ4n) is 4.15. The number of nitrogens with zero attached hydrogens (tertiary/aromatic N) is 2. The molecule has 3 heterocycles. The van der Waals surface area contributed by atoms with Gasteiger partial charge in [-0.15, -0.1) is 11.3 Å². The number of amides is 1. The van der Waals surface area contributed by atoms with Crippen LogP contribution in [0.15, 0.2) is 53.9 Å². The molecule has 7 heteroatoms. The molecule has 1 amide bonds. The zero-order valence-electron chi connectivity index (χ0n) is 17.3. The molecule has 31 heavy (non-hydrogen) atoms. The van der Waals surface area contributed by atoms with Crippen LogP contribution in [0.5, 0.6) is 11.5 Å². The van der Waals surface area contributed by atoms with Gasteiger partial charge in [0.2, 0.25) is 6.79 Å². The van der Waals surface area contributed by atoms with Crippen LogP contribution in [0.25, 0.3) is 11.3 Å². The fraction of sp³-hybridized carbons (Fsp3) is 0.333. The van der Waals surface area contributed by atoms with Gasteiger partial charge in [0, 0.05) is 29.6 Å². The van der Waals surface area contributed by atoms with Crippen LogP contribution in [-0.2, 0) is 6.54 Å². The lowest BCUT2D eigenvalue weighted by molar-refractivity contribution is 0.0930. The maximum atomic E-state index is 12.6. The number of aromatic nitrogens is 1. The maximum absolute atomic E-state index is 12.6. The van der Waals surface area contributed by atoms with Crippen molar-refractivity contribution in [1.29, 1.82) is 0 Å². The van der Waals surface area contributed by atoms with E-state index in [-0.39, 0.29) is 12.7 Å². The van der Waals surface area contributed by atoms with Gasteiger partial charge in [-0.1, -0.05) is 30.3 Å². The predicted molar refractivity (Wildman–Crippen MR) is 120 cm³/mol. The van der Waals surface area contributed by atoms with Gasteiger partial charge in [-0.2, -0.15) is 0 Å². The normalized spacial score (nSPS) is 18.1. The van der Waals surface area contributed by atoms with E-state index in [0.29, 0.717) is 29.5 Å². The highest BCUT2D eigenvalue weighted by atomic mass is 32.1. The Bertz CT molecular complexity index is 1050. The van der Waals surface area contributed by atoms with Crippen LogP contribution in [0.1, 0.15) is 28.2 Å². The Morgan fingerprint density at radius 2 is 2.03 bits per heavy atom. The maximum Gasteiger partial charge on any atom is 0.251 e. The molecule has 0 unspecified atom stereocenters. The number of fused-ring (bicyclic) bond motifs is 1. The van der Waals surface area contributed by atoms with Gasteiger partial charge in [-0.3, -0.25) is 9.69 Å². The molecule has 1 N–H and O–H groups in total. The molecule has 2 aliphatic heterocycles. The standard InChI is InChI=1S/C24H25N3O3S/c28-24(19-8-9-21-22(11-19)30-16-29-21)25-12-17-5-4-10-27(13-17)14-23-26-20(15-31-23)18-6-2-1-3-7-18/h1-3,6-9,11,15,17H,4-5,10,12-14,16H2,(H,25,28)/t17-/m0/s1. The molecule has 2 aliphatic rings. The number of carbonyl (C=O) groups excluding carboxylic acids is 1. The highest BCUT2D eigenvalue weighted by Crippen LogP contribution is 2.32. The molecule has 0 saturated carbocycles. The molecular weight excluding hydrogens is 410 g/mol. The summed E-state index contributed by atoms with van der Waals surface area (Å²) >= 11 is 1.72. The van der Waals surface area contributed by atoms with Crippen molar-refractivity contribution in [3.05, 3.63) is 64.5 Å². The van der Waals surface area contributed by atoms with Crippen LogP contribution in [0.4, 0.5) is 0 Å². The minimum Gasteiger partial charge on any atom is -0.454 e. The Balaban J connectivity index is 1.14. The van der Waals surface area contributed by atoms with Gasteiger partial charge in [-0.05, 0) is 43.5 Å². The van der Waals surface area contributed by atoms with E-state index in [1.165, 1.54) is 0 Å². The second-order valence-corrected chi connectivity index (χ2v) is 8.96. The fourth-order valence-corrected chi connectivity index (χ4v) is 5.00. The number of thiazole rings is 1. The quantitative estimate of drug-likeness (QED) is 0.629. The Morgan fingerprint density at radius 1 is 1.16 bits per heavy atom. The number of likely N-dealkylation sites (tertiary alicyclic amines) is 1. The molecule has 1 fully saturated rings. The molecule has 1 atom stereocenters. The van der Waals surface area contributed by atoms with Gasteiger partial charge in [0.05, 0.1) is 12.2 Å². The summed E-state index contributed by atoms with van der Waals surface area (Å²) in [4.78, 5) is 19.8. The third-order valence-electron chi connectivity index (χ3n) is 5.77. The van der Waals surface area contributed by atoms with Crippen LogP contribution in [0.2, 0.25) is 0 Å². The van der Waals surface area contributed by atoms with Crippen LogP contribution in [-0.4, -0.2) is 42.2 Å². The number of nitrogens with one attached hydrogen (secondary N) is 1.